The molecule has 2 atom stereocenters. The molecule has 0 aliphatic carbocycles. The summed E-state index contributed by atoms with van der Waals surface area (Å²) in [6.07, 6.45) is 8.63. The van der Waals surface area contributed by atoms with Crippen LogP contribution in [-0.4, -0.2) is 97.2 Å². The van der Waals surface area contributed by atoms with Crippen LogP contribution >= 0.6 is 11.6 Å². The number of rotatable bonds is 7. The summed E-state index contributed by atoms with van der Waals surface area (Å²) in [6, 6.07) is 12.9. The number of hydrogen-bond acceptors (Lipinski definition) is 9. The third-order valence-corrected chi connectivity index (χ3v) is 11.4. The van der Waals surface area contributed by atoms with Gasteiger partial charge < -0.3 is 14.5 Å². The third-order valence-electron chi connectivity index (χ3n) is 11.1. The first-order valence-electron chi connectivity index (χ1n) is 17.3. The number of pyridine rings is 1. The normalized spacial score (nSPS) is 22.5. The summed E-state index contributed by atoms with van der Waals surface area (Å²) >= 11 is 6.62. The van der Waals surface area contributed by atoms with Crippen molar-refractivity contribution in [2.75, 3.05) is 44.2 Å². The first kappa shape index (κ1) is 32.1. The number of fused-ring (bicyclic) bond motifs is 3. The lowest BCUT2D eigenvalue weighted by Gasteiger charge is -2.62. The first-order chi connectivity index (χ1) is 24.7. The molecule has 4 fully saturated rings. The average Bonchev–Trinajstić information content (AvgIpc) is 3.61. The van der Waals surface area contributed by atoms with Gasteiger partial charge in [-0.15, -0.1) is 0 Å². The van der Waals surface area contributed by atoms with Gasteiger partial charge in [-0.3, -0.25) is 14.7 Å². The maximum atomic E-state index is 16.8. The molecule has 1 amide bonds. The summed E-state index contributed by atoms with van der Waals surface area (Å²) in [7, 11) is 0. The Balaban J connectivity index is 1.06. The zero-order valence-electron chi connectivity index (χ0n) is 28.0. The molecule has 1 spiro atoms. The van der Waals surface area contributed by atoms with Crippen molar-refractivity contribution in [3.8, 4) is 17.3 Å². The maximum absolute atomic E-state index is 16.8. The van der Waals surface area contributed by atoms with Gasteiger partial charge in [-0.05, 0) is 56.3 Å². The van der Waals surface area contributed by atoms with Gasteiger partial charge in [0.2, 0.25) is 5.91 Å². The van der Waals surface area contributed by atoms with Crippen LogP contribution in [0.2, 0.25) is 5.02 Å². The van der Waals surface area contributed by atoms with Gasteiger partial charge in [0.15, 0.2) is 5.82 Å². The molecule has 7 heterocycles. The largest absolute Gasteiger partial charge is 0.461 e. The van der Waals surface area contributed by atoms with Crippen molar-refractivity contribution in [3.05, 3.63) is 83.3 Å². The molecule has 260 valence electrons. The van der Waals surface area contributed by atoms with Gasteiger partial charge in [0.05, 0.1) is 22.2 Å². The summed E-state index contributed by atoms with van der Waals surface area (Å²) in [5.74, 6) is 0.410. The van der Waals surface area contributed by atoms with Gasteiger partial charge in [0.1, 0.15) is 35.6 Å². The van der Waals surface area contributed by atoms with Crippen LogP contribution in [-0.2, 0) is 4.79 Å². The molecule has 0 radical (unpaired) electrons. The van der Waals surface area contributed by atoms with E-state index in [0.717, 1.165) is 31.2 Å². The molecule has 4 aliphatic rings. The van der Waals surface area contributed by atoms with E-state index < -0.39 is 17.5 Å². The smallest absolute Gasteiger partial charge is 0.319 e. The fourth-order valence-electron chi connectivity index (χ4n) is 8.50. The minimum atomic E-state index is -0.911. The van der Waals surface area contributed by atoms with Crippen LogP contribution in [0.25, 0.3) is 39.0 Å². The van der Waals surface area contributed by atoms with Crippen LogP contribution in [0, 0.1) is 12.7 Å². The molecule has 5 aromatic rings. The highest BCUT2D eigenvalue weighted by molar-refractivity contribution is 6.36. The van der Waals surface area contributed by atoms with Crippen molar-refractivity contribution in [3.63, 3.8) is 0 Å². The predicted molar refractivity (Wildman–Crippen MR) is 191 cm³/mol. The second-order valence-corrected chi connectivity index (χ2v) is 14.6. The van der Waals surface area contributed by atoms with Crippen LogP contribution in [0.3, 0.4) is 0 Å². The molecule has 13 heteroatoms. The van der Waals surface area contributed by atoms with Crippen molar-refractivity contribution in [2.45, 2.75) is 49.9 Å². The minimum Gasteiger partial charge on any atom is -0.461 e. The summed E-state index contributed by atoms with van der Waals surface area (Å²) < 4.78 is 37.7. The van der Waals surface area contributed by atoms with Crippen molar-refractivity contribution in [1.82, 2.24) is 34.7 Å². The lowest BCUT2D eigenvalue weighted by molar-refractivity contribution is -0.144. The Labute approximate surface area is 298 Å². The van der Waals surface area contributed by atoms with E-state index in [4.69, 9.17) is 21.3 Å². The Hall–Kier alpha value is -4.81. The van der Waals surface area contributed by atoms with Gasteiger partial charge in [-0.25, -0.2) is 18.7 Å². The SMILES string of the molecule is Cc1nccc(/C=C/C(=O)N2CCC23CN(c2nc(OC[C@@]45CCCN4C[C@H](F)C5)nc4c(F)c(-c5cccc6cccc(Cl)c56)ncc24)C3)n1. The van der Waals surface area contributed by atoms with Crippen molar-refractivity contribution in [2.24, 2.45) is 0 Å². The van der Waals surface area contributed by atoms with Gasteiger partial charge in [0, 0.05) is 67.0 Å². The number of carbonyl (C=O) groups is 1. The van der Waals surface area contributed by atoms with Crippen LogP contribution in [0.5, 0.6) is 6.01 Å². The summed E-state index contributed by atoms with van der Waals surface area (Å²) in [5, 5.41) is 2.49. The quantitative estimate of drug-likeness (QED) is 0.183. The number of halogens is 3. The first-order valence-corrected chi connectivity index (χ1v) is 17.7. The van der Waals surface area contributed by atoms with Crippen LogP contribution in [0.15, 0.2) is 60.9 Å². The van der Waals surface area contributed by atoms with Crippen LogP contribution in [0.4, 0.5) is 14.6 Å². The number of anilines is 1. The second-order valence-electron chi connectivity index (χ2n) is 14.2. The summed E-state index contributed by atoms with van der Waals surface area (Å²) in [6.45, 7) is 4.88. The number of benzene rings is 2. The molecule has 3 aromatic heterocycles. The second kappa shape index (κ2) is 12.2. The minimum absolute atomic E-state index is 0.0265. The standard InChI is InChI=1S/C38H35ClF2N8O2/c1-23-42-14-11-26(44-23)9-10-30(50)49-16-13-38(49)20-47(21-38)35-28-18-43-33(27-7-2-5-24-6-3-8-29(39)31(24)27)32(41)34(28)45-36(46-35)51-22-37-12-4-15-48(37)19-25(40)17-37/h2-3,5-11,14,18,25H,4,12-13,15-17,19-22H2,1H3/b10-9+/t25-,37+/m1/s1. The molecule has 0 bridgehead atoms. The molecule has 51 heavy (non-hydrogen) atoms. The summed E-state index contributed by atoms with van der Waals surface area (Å²) in [4.78, 5) is 41.9. The molecule has 4 saturated heterocycles. The number of amides is 1. The van der Waals surface area contributed by atoms with E-state index in [-0.39, 0.29) is 35.3 Å². The van der Waals surface area contributed by atoms with E-state index in [9.17, 15) is 9.18 Å². The average molecular weight is 709 g/mol. The van der Waals surface area contributed by atoms with E-state index in [2.05, 4.69) is 24.8 Å². The van der Waals surface area contributed by atoms with Gasteiger partial charge in [0.25, 0.3) is 0 Å². The number of aromatic nitrogens is 5. The Morgan fingerprint density at radius 2 is 1.92 bits per heavy atom. The monoisotopic (exact) mass is 708 g/mol. The highest BCUT2D eigenvalue weighted by atomic mass is 35.5. The zero-order chi connectivity index (χ0) is 34.9. The number of nitrogens with zero attached hydrogens (tertiary/aromatic N) is 8. The molecule has 0 saturated carbocycles. The number of carbonyl (C=O) groups excluding carboxylic acids is 1. The molecule has 0 unspecified atom stereocenters. The Kier molecular flexibility index (Phi) is 7.66. The van der Waals surface area contributed by atoms with Gasteiger partial charge in [-0.2, -0.15) is 9.97 Å². The molecule has 9 rings (SSSR count). The highest BCUT2D eigenvalue weighted by Crippen LogP contribution is 2.45. The third kappa shape index (κ3) is 5.38. The van der Waals surface area contributed by atoms with Crippen molar-refractivity contribution in [1.29, 1.82) is 0 Å². The molecule has 10 nitrogen and oxygen atoms in total. The molecular formula is C38H35ClF2N8O2. The molecule has 0 N–H and O–H groups in total. The maximum Gasteiger partial charge on any atom is 0.319 e. The molecule has 2 aromatic carbocycles. The zero-order valence-corrected chi connectivity index (χ0v) is 28.8. The lowest BCUT2D eigenvalue weighted by Crippen LogP contribution is -2.78. The number of hydrogen-bond donors (Lipinski definition) is 0. The highest BCUT2D eigenvalue weighted by Gasteiger charge is 2.56. The van der Waals surface area contributed by atoms with Crippen LogP contribution in [0.1, 0.15) is 37.2 Å². The van der Waals surface area contributed by atoms with Gasteiger partial charge in [-0.1, -0.05) is 41.9 Å². The van der Waals surface area contributed by atoms with Gasteiger partial charge >= 0.3 is 6.01 Å². The number of ether oxygens (including phenoxy) is 1. The number of likely N-dealkylation sites (tertiary alicyclic amines) is 1. The summed E-state index contributed by atoms with van der Waals surface area (Å²) in [5.41, 5.74) is 0.624. The molecule has 4 aliphatic heterocycles. The van der Waals surface area contributed by atoms with E-state index >= 15 is 4.39 Å². The fourth-order valence-corrected chi connectivity index (χ4v) is 8.78. The van der Waals surface area contributed by atoms with Crippen LogP contribution < -0.4 is 9.64 Å². The van der Waals surface area contributed by atoms with E-state index in [1.807, 2.05) is 34.1 Å². The number of aryl methyl sites for hydroxylation is 1. The lowest BCUT2D eigenvalue weighted by atomic mass is 9.77. The Bertz CT molecular complexity index is 2240. The Morgan fingerprint density at radius 3 is 2.73 bits per heavy atom. The Morgan fingerprint density at radius 1 is 1.08 bits per heavy atom. The topological polar surface area (TPSA) is 100 Å². The van der Waals surface area contributed by atoms with Crippen molar-refractivity contribution < 1.29 is 18.3 Å². The van der Waals surface area contributed by atoms with E-state index in [1.54, 1.807) is 49.7 Å². The van der Waals surface area contributed by atoms with Crippen molar-refractivity contribution >= 4 is 51.1 Å². The van der Waals surface area contributed by atoms with E-state index in [0.29, 0.717) is 71.3 Å². The van der Waals surface area contributed by atoms with E-state index in [1.165, 1.54) is 0 Å². The molecular weight excluding hydrogens is 674 g/mol. The fraction of sp³-hybridized carbons (Fsp3) is 0.368. The number of alkyl halides is 1. The predicted octanol–water partition coefficient (Wildman–Crippen LogP) is 6.20.